The number of nitrogens with one attached hydrogen (secondary N) is 1. The van der Waals surface area contributed by atoms with E-state index in [1.807, 2.05) is 0 Å². The number of likely N-dealkylation sites (tertiary alicyclic amines) is 1. The molecule has 3 aliphatic heterocycles. The van der Waals surface area contributed by atoms with Crippen molar-refractivity contribution in [2.75, 3.05) is 35.0 Å². The van der Waals surface area contributed by atoms with E-state index in [-0.39, 0.29) is 88.8 Å². The third kappa shape index (κ3) is 6.48. The minimum Gasteiger partial charge on any atom is -0.505 e. The molecular weight excluding hydrogens is 772 g/mol. The maximum Gasteiger partial charge on any atom is 0.416 e. The second-order valence-corrected chi connectivity index (χ2v) is 15.1. The number of fused-ring (bicyclic) bond motifs is 3. The average molecular weight is 801 g/mol. The van der Waals surface area contributed by atoms with Crippen molar-refractivity contribution in [3.05, 3.63) is 98.4 Å². The van der Waals surface area contributed by atoms with Crippen molar-refractivity contribution in [3.8, 4) is 17.1 Å². The van der Waals surface area contributed by atoms with E-state index in [1.54, 1.807) is 0 Å². The van der Waals surface area contributed by atoms with Gasteiger partial charge in [0.1, 0.15) is 34.7 Å². The van der Waals surface area contributed by atoms with E-state index >= 15 is 4.39 Å². The van der Waals surface area contributed by atoms with E-state index in [1.165, 1.54) is 44.2 Å². The number of aromatic nitrogens is 5. The Morgan fingerprint density at radius 2 is 1.87 bits per heavy atom. The number of carbonyl (C=O) groups excluding carboxylic acids is 2. The Morgan fingerprint density at radius 3 is 2.55 bits per heavy atom. The molecule has 3 aliphatic rings. The number of hydrogen-bond donors (Lipinski definition) is 2. The molecule has 1 spiro atoms. The number of ether oxygens (including phenoxy) is 1. The summed E-state index contributed by atoms with van der Waals surface area (Å²) in [6.45, 7) is -0.00729. The highest BCUT2D eigenvalue weighted by Gasteiger charge is 2.48. The van der Waals surface area contributed by atoms with E-state index in [0.29, 0.717) is 24.8 Å². The first kappa shape index (κ1) is 36.6. The number of rotatable bonds is 6. The number of piperidine rings is 1. The number of carbonyl (C=O) groups is 2. The molecule has 55 heavy (non-hydrogen) atoms. The average Bonchev–Trinajstić information content (AvgIpc) is 3.89. The molecule has 2 saturated heterocycles. The molecule has 0 saturated carbocycles. The largest absolute Gasteiger partial charge is 0.505 e. The Labute approximate surface area is 315 Å². The van der Waals surface area contributed by atoms with Crippen molar-refractivity contribution < 1.29 is 41.2 Å². The van der Waals surface area contributed by atoms with Crippen LogP contribution in [0.25, 0.3) is 17.2 Å². The molecule has 3 aromatic heterocycles. The lowest BCUT2D eigenvalue weighted by Crippen LogP contribution is -2.47. The molecule has 0 bridgehead atoms. The van der Waals surface area contributed by atoms with Crippen molar-refractivity contribution in [3.63, 3.8) is 0 Å². The van der Waals surface area contributed by atoms with Crippen LogP contribution in [0.1, 0.15) is 46.6 Å². The zero-order valence-corrected chi connectivity index (χ0v) is 30.0. The quantitative estimate of drug-likeness (QED) is 0.233. The first-order valence-corrected chi connectivity index (χ1v) is 18.6. The van der Waals surface area contributed by atoms with Crippen molar-refractivity contribution in [1.82, 2.24) is 29.0 Å². The van der Waals surface area contributed by atoms with Gasteiger partial charge in [-0.3, -0.25) is 18.7 Å². The summed E-state index contributed by atoms with van der Waals surface area (Å²) in [5.74, 6) is -1.94. The summed E-state index contributed by atoms with van der Waals surface area (Å²) in [5, 5.41) is 16.8. The monoisotopic (exact) mass is 800 g/mol. The number of amides is 2. The van der Waals surface area contributed by atoms with Gasteiger partial charge in [-0.2, -0.15) is 22.7 Å². The second-order valence-electron chi connectivity index (χ2n) is 13.2. The van der Waals surface area contributed by atoms with Crippen molar-refractivity contribution in [1.29, 1.82) is 0 Å². The Balaban J connectivity index is 1.17. The summed E-state index contributed by atoms with van der Waals surface area (Å²) in [4.78, 5) is 51.2. The predicted octanol–water partition coefficient (Wildman–Crippen LogP) is 4.64. The highest BCUT2D eigenvalue weighted by Crippen LogP contribution is 2.43. The van der Waals surface area contributed by atoms with Gasteiger partial charge in [0.05, 0.1) is 39.8 Å². The topological polar surface area (TPSA) is 164 Å². The van der Waals surface area contributed by atoms with E-state index in [0.717, 1.165) is 22.7 Å². The molecule has 2 amide bonds. The summed E-state index contributed by atoms with van der Waals surface area (Å²) < 4.78 is 77.7. The van der Waals surface area contributed by atoms with Crippen LogP contribution in [0.15, 0.2) is 59.5 Å². The van der Waals surface area contributed by atoms with Crippen LogP contribution >= 0.6 is 11.6 Å². The number of hydrogen-bond acceptors (Lipinski definition) is 9. The Bertz CT molecular complexity index is 2490. The predicted molar refractivity (Wildman–Crippen MR) is 190 cm³/mol. The molecule has 6 heterocycles. The van der Waals surface area contributed by atoms with Crippen molar-refractivity contribution in [2.24, 2.45) is 0 Å². The lowest BCUT2D eigenvalue weighted by molar-refractivity contribution is -0.137. The van der Waals surface area contributed by atoms with E-state index in [9.17, 15) is 36.9 Å². The van der Waals surface area contributed by atoms with Crippen molar-refractivity contribution >= 4 is 51.6 Å². The van der Waals surface area contributed by atoms with Gasteiger partial charge in [-0.15, -0.1) is 5.10 Å². The summed E-state index contributed by atoms with van der Waals surface area (Å²) >= 11 is 6.11. The second kappa shape index (κ2) is 13.7. The molecule has 286 valence electrons. The zero-order valence-electron chi connectivity index (χ0n) is 28.5. The van der Waals surface area contributed by atoms with Crippen LogP contribution in [-0.4, -0.2) is 75.6 Å². The molecule has 1 unspecified atom stereocenters. The van der Waals surface area contributed by atoms with Crippen LogP contribution < -0.4 is 15.2 Å². The summed E-state index contributed by atoms with van der Waals surface area (Å²) in [6.07, 6.45) is -2.33. The minimum atomic E-state index is -4.66. The normalized spacial score (nSPS) is 17.9. The molecule has 20 heteroatoms. The van der Waals surface area contributed by atoms with Crippen LogP contribution in [0.5, 0.6) is 5.75 Å². The smallest absolute Gasteiger partial charge is 0.416 e. The van der Waals surface area contributed by atoms with Gasteiger partial charge in [0.2, 0.25) is 11.7 Å². The number of anilines is 2. The highest BCUT2D eigenvalue weighted by molar-refractivity contribution is 7.86. The Morgan fingerprint density at radius 1 is 1.09 bits per heavy atom. The fourth-order valence-corrected chi connectivity index (χ4v) is 8.72. The third-order valence-electron chi connectivity index (χ3n) is 9.91. The number of halogens is 5. The molecule has 14 nitrogen and oxygen atoms in total. The van der Waals surface area contributed by atoms with Crippen LogP contribution in [0.3, 0.4) is 0 Å². The van der Waals surface area contributed by atoms with Gasteiger partial charge in [0.15, 0.2) is 11.5 Å². The van der Waals surface area contributed by atoms with E-state index in [2.05, 4.69) is 20.4 Å². The molecule has 0 aliphatic carbocycles. The van der Waals surface area contributed by atoms with Crippen LogP contribution in [0.2, 0.25) is 5.02 Å². The molecule has 8 rings (SSSR count). The summed E-state index contributed by atoms with van der Waals surface area (Å²) in [6, 6.07) is 9.47. The summed E-state index contributed by atoms with van der Waals surface area (Å²) in [5.41, 5.74) is -2.26. The molecule has 1 atom stereocenters. The molecule has 2 aromatic carbocycles. The van der Waals surface area contributed by atoms with Gasteiger partial charge in [-0.1, -0.05) is 11.6 Å². The van der Waals surface area contributed by atoms with Gasteiger partial charge in [-0.05, 0) is 67.8 Å². The van der Waals surface area contributed by atoms with Gasteiger partial charge in [-0.25, -0.2) is 13.6 Å². The highest BCUT2D eigenvalue weighted by atomic mass is 35.5. The van der Waals surface area contributed by atoms with E-state index < -0.39 is 58.1 Å². The minimum absolute atomic E-state index is 0.0562. The van der Waals surface area contributed by atoms with Crippen molar-refractivity contribution in [2.45, 2.75) is 44.2 Å². The van der Waals surface area contributed by atoms with Gasteiger partial charge >= 0.3 is 6.18 Å². The van der Waals surface area contributed by atoms with Crippen LogP contribution in [0, 0.1) is 5.82 Å². The summed E-state index contributed by atoms with van der Waals surface area (Å²) in [7, 11) is -1.37. The standard InChI is InChI=1S/C35H29ClF4N8O6S/c36-21-16-20(35(38,39)40)5-6-23(21)42-27(50)17-46-25-18-54-34(8-12-45(13-9-34)32(52)29-26(49)3-1-10-41-29)28(25)31(51)48-33(46)43-30(44-48)19-4-7-24(22(37)15-19)47-11-2-14-55(47)53/h1,3-7,10,15-16,49H,2,8-9,11-14,17-18H2,(H,42,50). The molecule has 2 N–H and O–H groups in total. The maximum atomic E-state index is 15.4. The SMILES string of the molecule is O=C(Cn1c2c(c(=O)n3nc(-c4ccc(N5CCCS5=O)c(F)c4)nc13)C1(CCN(C(=O)c3ncccc3O)CC1)OC2)Nc1ccc(C(F)(F)F)cc1Cl. The fourth-order valence-electron chi connectivity index (χ4n) is 7.20. The Hall–Kier alpha value is -5.40. The first-order chi connectivity index (χ1) is 26.2. The van der Waals surface area contributed by atoms with Crippen LogP contribution in [0.4, 0.5) is 28.9 Å². The number of nitrogens with zero attached hydrogens (tertiary/aromatic N) is 7. The van der Waals surface area contributed by atoms with Gasteiger partial charge in [0, 0.05) is 37.1 Å². The van der Waals surface area contributed by atoms with Gasteiger partial charge < -0.3 is 24.6 Å². The number of pyridine rings is 1. The molecule has 2 fully saturated rings. The molecular formula is C35H29ClF4N8O6S. The lowest BCUT2D eigenvalue weighted by atomic mass is 9.85. The molecule has 5 aromatic rings. The number of benzene rings is 2. The number of aromatic hydroxyl groups is 1. The first-order valence-electron chi connectivity index (χ1n) is 17.0. The zero-order chi connectivity index (χ0) is 38.8. The maximum absolute atomic E-state index is 15.4. The molecule has 0 radical (unpaired) electrons. The van der Waals surface area contributed by atoms with Crippen LogP contribution in [-0.2, 0) is 45.4 Å². The number of alkyl halides is 3. The third-order valence-corrected chi connectivity index (χ3v) is 11.7. The van der Waals surface area contributed by atoms with Gasteiger partial charge in [0.25, 0.3) is 11.5 Å². The lowest BCUT2D eigenvalue weighted by Gasteiger charge is -2.38. The Kier molecular flexibility index (Phi) is 9.12. The fraction of sp³-hybridized carbons (Fsp3) is 0.314. The van der Waals surface area contributed by atoms with E-state index in [4.69, 9.17) is 16.3 Å².